The number of hydrogen-bond donors (Lipinski definition) is 0. The number of hydrogen-bond acceptors (Lipinski definition) is 3. The monoisotopic (exact) mass is 169 g/mol. The van der Waals surface area contributed by atoms with Crippen molar-refractivity contribution in [2.75, 3.05) is 4.90 Å². The highest BCUT2D eigenvalue weighted by molar-refractivity contribution is 5.63. The van der Waals surface area contributed by atoms with Gasteiger partial charge in [0.1, 0.15) is 6.07 Å². The molecule has 0 saturated heterocycles. The van der Waals surface area contributed by atoms with Crippen LogP contribution >= 0.6 is 0 Å². The maximum absolute atomic E-state index is 8.74. The van der Waals surface area contributed by atoms with Gasteiger partial charge in [0.2, 0.25) is 0 Å². The van der Waals surface area contributed by atoms with E-state index in [1.807, 2.05) is 12.3 Å². The Labute approximate surface area is 76.7 Å². The molecule has 0 aliphatic heterocycles. The smallest absolute Gasteiger partial charge is 0.188 e. The van der Waals surface area contributed by atoms with Crippen molar-refractivity contribution in [1.29, 1.82) is 10.5 Å². The van der Waals surface area contributed by atoms with Crippen molar-refractivity contribution in [3.8, 4) is 12.3 Å². The van der Waals surface area contributed by atoms with Crippen molar-refractivity contribution in [3.63, 3.8) is 0 Å². The number of anilines is 1. The summed E-state index contributed by atoms with van der Waals surface area (Å²) in [5.74, 6) is 0. The van der Waals surface area contributed by atoms with E-state index in [0.29, 0.717) is 11.3 Å². The predicted molar refractivity (Wildman–Crippen MR) is 49.4 cm³/mol. The van der Waals surface area contributed by atoms with Crippen LogP contribution in [0.3, 0.4) is 0 Å². The fraction of sp³-hybridized carbons (Fsp3) is 0. The van der Waals surface area contributed by atoms with Gasteiger partial charge in [0.15, 0.2) is 6.19 Å². The second-order valence-electron chi connectivity index (χ2n) is 2.28. The van der Waals surface area contributed by atoms with Crippen molar-refractivity contribution in [1.82, 2.24) is 0 Å². The summed E-state index contributed by atoms with van der Waals surface area (Å²) in [6.07, 6.45) is 3.28. The lowest BCUT2D eigenvalue weighted by atomic mass is 10.2. The highest BCUT2D eigenvalue weighted by Crippen LogP contribution is 2.18. The number of benzene rings is 1. The minimum absolute atomic E-state index is 0.462. The molecule has 0 bridgehead atoms. The Bertz CT molecular complexity index is 395. The molecule has 1 rings (SSSR count). The lowest BCUT2D eigenvalue weighted by Crippen LogP contribution is -2.07. The lowest BCUT2D eigenvalue weighted by Gasteiger charge is -2.10. The van der Waals surface area contributed by atoms with Crippen LogP contribution in [0.25, 0.3) is 0 Å². The van der Waals surface area contributed by atoms with Crippen molar-refractivity contribution >= 4 is 5.69 Å². The third-order valence-corrected chi connectivity index (χ3v) is 1.57. The first-order valence-electron chi connectivity index (χ1n) is 3.64. The molecule has 0 unspecified atom stereocenters. The van der Waals surface area contributed by atoms with Crippen LogP contribution in [0.15, 0.2) is 37.0 Å². The van der Waals surface area contributed by atoms with Gasteiger partial charge in [0.25, 0.3) is 0 Å². The standard InChI is InChI=1S/C10H7N3/c1-2-13(8-12)10-6-4-3-5-9(10)7-11/h2-6H,1H2. The van der Waals surface area contributed by atoms with E-state index in [1.54, 1.807) is 24.3 Å². The minimum atomic E-state index is 0.462. The Kier molecular flexibility index (Phi) is 2.68. The topological polar surface area (TPSA) is 50.8 Å². The summed E-state index contributed by atoms with van der Waals surface area (Å²) in [5, 5.41) is 17.4. The average molecular weight is 169 g/mol. The van der Waals surface area contributed by atoms with E-state index < -0.39 is 0 Å². The summed E-state index contributed by atoms with van der Waals surface area (Å²) >= 11 is 0. The molecule has 0 fully saturated rings. The van der Waals surface area contributed by atoms with Crippen LogP contribution < -0.4 is 4.90 Å². The van der Waals surface area contributed by atoms with Crippen molar-refractivity contribution in [2.24, 2.45) is 0 Å². The van der Waals surface area contributed by atoms with E-state index in [9.17, 15) is 0 Å². The largest absolute Gasteiger partial charge is 0.254 e. The van der Waals surface area contributed by atoms with Crippen LogP contribution in [0.5, 0.6) is 0 Å². The molecule has 0 atom stereocenters. The molecule has 0 aliphatic rings. The van der Waals surface area contributed by atoms with Crippen LogP contribution in [0, 0.1) is 22.8 Å². The maximum Gasteiger partial charge on any atom is 0.188 e. The van der Waals surface area contributed by atoms with Crippen molar-refractivity contribution < 1.29 is 0 Å². The molecule has 3 heteroatoms. The maximum atomic E-state index is 8.74. The fourth-order valence-corrected chi connectivity index (χ4v) is 0.971. The van der Waals surface area contributed by atoms with Gasteiger partial charge in [0.05, 0.1) is 11.3 Å². The molecule has 0 N–H and O–H groups in total. The van der Waals surface area contributed by atoms with Gasteiger partial charge in [-0.1, -0.05) is 18.7 Å². The molecule has 1 aromatic rings. The summed E-state index contributed by atoms with van der Waals surface area (Å²) in [5.41, 5.74) is 1.02. The summed E-state index contributed by atoms with van der Waals surface area (Å²) < 4.78 is 0. The summed E-state index contributed by atoms with van der Waals surface area (Å²) in [4.78, 5) is 1.25. The molecule has 0 aliphatic carbocycles. The Morgan fingerprint density at radius 2 is 2.00 bits per heavy atom. The third kappa shape index (κ3) is 1.66. The molecule has 3 nitrogen and oxygen atoms in total. The number of nitriles is 2. The highest BCUT2D eigenvalue weighted by Gasteiger charge is 2.05. The van der Waals surface area contributed by atoms with Gasteiger partial charge in [-0.15, -0.1) is 0 Å². The first kappa shape index (κ1) is 8.83. The Morgan fingerprint density at radius 3 is 2.54 bits per heavy atom. The zero-order chi connectivity index (χ0) is 9.68. The van der Waals surface area contributed by atoms with E-state index in [-0.39, 0.29) is 0 Å². The molecule has 0 radical (unpaired) electrons. The fourth-order valence-electron chi connectivity index (χ4n) is 0.971. The molecular weight excluding hydrogens is 162 g/mol. The van der Waals surface area contributed by atoms with E-state index in [2.05, 4.69) is 6.58 Å². The zero-order valence-corrected chi connectivity index (χ0v) is 6.94. The molecule has 62 valence electrons. The molecule has 0 amide bonds. The van der Waals surface area contributed by atoms with Gasteiger partial charge in [-0.2, -0.15) is 10.5 Å². The Balaban J connectivity index is 3.22. The van der Waals surface area contributed by atoms with Gasteiger partial charge in [-0.3, -0.25) is 4.90 Å². The molecule has 0 heterocycles. The number of rotatable bonds is 2. The molecule has 0 aromatic heterocycles. The SMILES string of the molecule is C=CN(C#N)c1ccccc1C#N. The van der Waals surface area contributed by atoms with Crippen LogP contribution in [0.1, 0.15) is 5.56 Å². The quantitative estimate of drug-likeness (QED) is 0.502. The van der Waals surface area contributed by atoms with Crippen LogP contribution in [-0.4, -0.2) is 0 Å². The lowest BCUT2D eigenvalue weighted by molar-refractivity contribution is 1.26. The van der Waals surface area contributed by atoms with Gasteiger partial charge >= 0.3 is 0 Å². The number of nitrogens with zero attached hydrogens (tertiary/aromatic N) is 3. The van der Waals surface area contributed by atoms with Crippen molar-refractivity contribution in [3.05, 3.63) is 42.6 Å². The highest BCUT2D eigenvalue weighted by atomic mass is 15.1. The first-order valence-corrected chi connectivity index (χ1v) is 3.64. The van der Waals surface area contributed by atoms with Gasteiger partial charge < -0.3 is 0 Å². The van der Waals surface area contributed by atoms with Crippen LogP contribution in [0.2, 0.25) is 0 Å². The molecule has 1 aromatic carbocycles. The Morgan fingerprint density at radius 1 is 1.31 bits per heavy atom. The van der Waals surface area contributed by atoms with E-state index in [0.717, 1.165) is 0 Å². The predicted octanol–water partition coefficient (Wildman–Crippen LogP) is 1.99. The van der Waals surface area contributed by atoms with Gasteiger partial charge in [-0.25, -0.2) is 0 Å². The minimum Gasteiger partial charge on any atom is -0.254 e. The van der Waals surface area contributed by atoms with Crippen LogP contribution in [-0.2, 0) is 0 Å². The van der Waals surface area contributed by atoms with Gasteiger partial charge in [-0.05, 0) is 12.1 Å². The average Bonchev–Trinajstić information content (AvgIpc) is 2.20. The second kappa shape index (κ2) is 3.94. The zero-order valence-electron chi connectivity index (χ0n) is 6.94. The van der Waals surface area contributed by atoms with Crippen molar-refractivity contribution in [2.45, 2.75) is 0 Å². The normalized spacial score (nSPS) is 8.15. The Hall–Kier alpha value is -2.26. The van der Waals surface area contributed by atoms with E-state index in [1.165, 1.54) is 11.1 Å². The molecule has 0 spiro atoms. The van der Waals surface area contributed by atoms with E-state index >= 15 is 0 Å². The molecule has 0 saturated carbocycles. The van der Waals surface area contributed by atoms with E-state index in [4.69, 9.17) is 10.5 Å². The van der Waals surface area contributed by atoms with Gasteiger partial charge in [0, 0.05) is 6.20 Å². The second-order valence-corrected chi connectivity index (χ2v) is 2.28. The van der Waals surface area contributed by atoms with Crippen LogP contribution in [0.4, 0.5) is 5.69 Å². The molecule has 13 heavy (non-hydrogen) atoms. The first-order chi connectivity index (χ1) is 6.33. The number of para-hydroxylation sites is 1. The summed E-state index contributed by atoms with van der Waals surface area (Å²) in [6.45, 7) is 3.48. The third-order valence-electron chi connectivity index (χ3n) is 1.57. The summed E-state index contributed by atoms with van der Waals surface area (Å²) in [6, 6.07) is 8.88. The molecular formula is C10H7N3. The summed E-state index contributed by atoms with van der Waals surface area (Å²) in [7, 11) is 0.